The molecule has 4 aliphatic rings. The third kappa shape index (κ3) is 7.87. The summed E-state index contributed by atoms with van der Waals surface area (Å²) in [5, 5.41) is 0.328. The molecule has 0 amide bonds. The summed E-state index contributed by atoms with van der Waals surface area (Å²) < 4.78 is 19.9. The van der Waals surface area contributed by atoms with Crippen molar-refractivity contribution in [1.82, 2.24) is 4.90 Å². The minimum atomic E-state index is -1.97. The van der Waals surface area contributed by atoms with Crippen molar-refractivity contribution in [2.24, 2.45) is 5.41 Å². The fraction of sp³-hybridized carbons (Fsp3) is 0.581. The van der Waals surface area contributed by atoms with Crippen molar-refractivity contribution in [3.05, 3.63) is 94.3 Å². The summed E-state index contributed by atoms with van der Waals surface area (Å²) in [6, 6.07) is 16.0. The summed E-state index contributed by atoms with van der Waals surface area (Å²) in [6.45, 7) is 27.5. The summed E-state index contributed by atoms with van der Waals surface area (Å²) in [5.41, 5.74) is 7.36. The second-order valence-electron chi connectivity index (χ2n) is 18.5. The Morgan fingerprint density at radius 1 is 0.776 bits per heavy atom. The van der Waals surface area contributed by atoms with Gasteiger partial charge in [0.25, 0.3) is 0 Å². The lowest BCUT2D eigenvalue weighted by molar-refractivity contribution is 0.183. The molecule has 266 valence electrons. The Kier molecular flexibility index (Phi) is 10.0. The van der Waals surface area contributed by atoms with Crippen LogP contribution in [0.1, 0.15) is 96.3 Å². The highest BCUT2D eigenvalue weighted by Crippen LogP contribution is 2.59. The maximum absolute atomic E-state index is 6.89. The second kappa shape index (κ2) is 13.5. The molecule has 2 atom stereocenters. The van der Waals surface area contributed by atoms with Gasteiger partial charge in [0.05, 0.1) is 5.76 Å². The molecular weight excluding hydrogens is 635 g/mol. The molecule has 2 aromatic rings. The molecule has 0 aromatic heterocycles. The first kappa shape index (κ1) is 36.3. The maximum Gasteiger partial charge on any atom is 0.250 e. The van der Waals surface area contributed by atoms with E-state index in [1.54, 1.807) is 0 Å². The molecular formula is C43H63NO3Si2. The Morgan fingerprint density at radius 2 is 1.43 bits per heavy atom. The molecule has 1 fully saturated rings. The van der Waals surface area contributed by atoms with Crippen molar-refractivity contribution in [2.75, 3.05) is 26.2 Å². The van der Waals surface area contributed by atoms with E-state index in [2.05, 4.69) is 133 Å². The Morgan fingerprint density at radius 3 is 2.10 bits per heavy atom. The van der Waals surface area contributed by atoms with Crippen molar-refractivity contribution in [3.8, 4) is 11.5 Å². The van der Waals surface area contributed by atoms with Crippen LogP contribution in [0.2, 0.25) is 36.3 Å². The predicted octanol–water partition coefficient (Wildman–Crippen LogP) is 11.4. The minimum Gasteiger partial charge on any atom is -0.544 e. The monoisotopic (exact) mass is 697 g/mol. The molecule has 0 N–H and O–H groups in total. The Bertz CT molecular complexity index is 1600. The fourth-order valence-electron chi connectivity index (χ4n) is 7.69. The highest BCUT2D eigenvalue weighted by Gasteiger charge is 2.49. The van der Waals surface area contributed by atoms with Crippen LogP contribution in [0.3, 0.4) is 0 Å². The third-order valence-electron chi connectivity index (χ3n) is 12.8. The van der Waals surface area contributed by atoms with Gasteiger partial charge in [-0.25, -0.2) is 0 Å². The number of benzene rings is 2. The first-order valence-corrected chi connectivity index (χ1v) is 24.8. The van der Waals surface area contributed by atoms with Crippen LogP contribution in [-0.2, 0) is 17.3 Å². The van der Waals surface area contributed by atoms with Gasteiger partial charge in [-0.15, -0.1) is 0 Å². The molecule has 1 aliphatic heterocycles. The summed E-state index contributed by atoms with van der Waals surface area (Å²) in [4.78, 5) is 2.54. The zero-order valence-electron chi connectivity index (χ0n) is 32.3. The number of allylic oxidation sites excluding steroid dienone is 5. The van der Waals surface area contributed by atoms with Gasteiger partial charge in [-0.3, -0.25) is 4.90 Å². The molecule has 6 rings (SSSR count). The van der Waals surface area contributed by atoms with Crippen LogP contribution in [0, 0.1) is 5.41 Å². The molecule has 2 unspecified atom stereocenters. The lowest BCUT2D eigenvalue weighted by atomic mass is 9.72. The van der Waals surface area contributed by atoms with E-state index < -0.39 is 16.6 Å². The van der Waals surface area contributed by atoms with Gasteiger partial charge < -0.3 is 13.6 Å². The van der Waals surface area contributed by atoms with Crippen molar-refractivity contribution in [3.63, 3.8) is 0 Å². The van der Waals surface area contributed by atoms with Gasteiger partial charge in [0.2, 0.25) is 16.6 Å². The lowest BCUT2D eigenvalue weighted by Crippen LogP contribution is -2.43. The number of ether oxygens (including phenoxy) is 1. The van der Waals surface area contributed by atoms with Crippen molar-refractivity contribution in [1.29, 1.82) is 0 Å². The largest absolute Gasteiger partial charge is 0.544 e. The van der Waals surface area contributed by atoms with E-state index in [1.807, 2.05) is 0 Å². The first-order valence-electron chi connectivity index (χ1n) is 19.0. The van der Waals surface area contributed by atoms with Crippen LogP contribution in [0.4, 0.5) is 0 Å². The normalized spacial score (nSPS) is 23.1. The van der Waals surface area contributed by atoms with Gasteiger partial charge in [-0.1, -0.05) is 72.2 Å². The van der Waals surface area contributed by atoms with E-state index in [1.165, 1.54) is 60.2 Å². The molecule has 0 bridgehead atoms. The average Bonchev–Trinajstić information content (AvgIpc) is 3.52. The molecule has 49 heavy (non-hydrogen) atoms. The zero-order chi connectivity index (χ0) is 35.2. The van der Waals surface area contributed by atoms with Crippen LogP contribution >= 0.6 is 0 Å². The number of hydrogen-bond donors (Lipinski definition) is 0. The molecule has 1 spiro atoms. The SMILES string of the molecule is CC(C)(C)[Si](C)(C)OC1=CCC2=CC3(CC2=C1)Cc1ccc(O[Si](C)(C)C(C)(C)C)cc1C3Cc1ccc(OCCN2CCCCC2)cc1. The van der Waals surface area contributed by atoms with Gasteiger partial charge >= 0.3 is 0 Å². The number of likely N-dealkylation sites (tertiary alicyclic amines) is 1. The van der Waals surface area contributed by atoms with Crippen molar-refractivity contribution < 1.29 is 13.6 Å². The summed E-state index contributed by atoms with van der Waals surface area (Å²) in [5.74, 6) is 3.48. The van der Waals surface area contributed by atoms with E-state index in [0.29, 0.717) is 5.92 Å². The number of fused-ring (bicyclic) bond motifs is 2. The van der Waals surface area contributed by atoms with E-state index in [0.717, 1.165) is 56.1 Å². The number of rotatable bonds is 10. The molecule has 1 heterocycles. The van der Waals surface area contributed by atoms with Crippen LogP contribution in [0.15, 0.2) is 77.6 Å². The molecule has 1 saturated heterocycles. The number of piperidine rings is 1. The average molecular weight is 698 g/mol. The van der Waals surface area contributed by atoms with E-state index in [9.17, 15) is 0 Å². The molecule has 0 radical (unpaired) electrons. The van der Waals surface area contributed by atoms with Gasteiger partial charge in [0.1, 0.15) is 18.1 Å². The molecule has 0 saturated carbocycles. The Hall–Kier alpha value is -2.55. The topological polar surface area (TPSA) is 30.9 Å². The standard InChI is InChI=1S/C43H63NO3Si2/c1-41(2,3)48(7,8)46-37-20-16-33-29-43(31-35(33)27-37)30-34-17-21-38(47-49(9,10)42(4,5)6)28-39(34)40(43)26-32-14-18-36(19-15-32)45-25-24-44-22-12-11-13-23-44/h14-15,17-21,27-29,40H,11-13,16,22-26,30-31H2,1-10H3. The van der Waals surface area contributed by atoms with Gasteiger partial charge in [0, 0.05) is 12.0 Å². The fourth-order valence-corrected chi connectivity index (χ4v) is 9.75. The van der Waals surface area contributed by atoms with Crippen molar-refractivity contribution in [2.45, 2.75) is 129 Å². The van der Waals surface area contributed by atoms with Gasteiger partial charge in [0.15, 0.2) is 0 Å². The van der Waals surface area contributed by atoms with Gasteiger partial charge in [-0.2, -0.15) is 0 Å². The third-order valence-corrected chi connectivity index (χ3v) is 21.5. The van der Waals surface area contributed by atoms with E-state index >= 15 is 0 Å². The zero-order valence-corrected chi connectivity index (χ0v) is 34.3. The van der Waals surface area contributed by atoms with Gasteiger partial charge in [-0.05, 0) is 158 Å². The number of hydrogen-bond acceptors (Lipinski definition) is 4. The molecule has 3 aliphatic carbocycles. The molecule has 6 heteroatoms. The first-order chi connectivity index (χ1) is 22.9. The Balaban J connectivity index is 1.25. The van der Waals surface area contributed by atoms with Crippen LogP contribution < -0.4 is 9.16 Å². The summed E-state index contributed by atoms with van der Waals surface area (Å²) >= 11 is 0. The van der Waals surface area contributed by atoms with Crippen LogP contribution in [-0.4, -0.2) is 47.8 Å². The van der Waals surface area contributed by atoms with Crippen molar-refractivity contribution >= 4 is 16.6 Å². The summed E-state index contributed by atoms with van der Waals surface area (Å²) in [7, 11) is -3.88. The molecule has 2 aromatic carbocycles. The minimum absolute atomic E-state index is 0.0585. The highest BCUT2D eigenvalue weighted by atomic mass is 28.4. The second-order valence-corrected chi connectivity index (χ2v) is 27.9. The quantitative estimate of drug-likeness (QED) is 0.231. The predicted molar refractivity (Wildman–Crippen MR) is 211 cm³/mol. The van der Waals surface area contributed by atoms with Crippen LogP contribution in [0.5, 0.6) is 11.5 Å². The lowest BCUT2D eigenvalue weighted by Gasteiger charge is -2.37. The van der Waals surface area contributed by atoms with Crippen LogP contribution in [0.25, 0.3) is 0 Å². The van der Waals surface area contributed by atoms with E-state index in [4.69, 9.17) is 13.6 Å². The molecule has 4 nitrogen and oxygen atoms in total. The highest BCUT2D eigenvalue weighted by molar-refractivity contribution is 6.75. The van der Waals surface area contributed by atoms with E-state index in [-0.39, 0.29) is 15.5 Å². The summed E-state index contributed by atoms with van der Waals surface area (Å²) in [6.07, 6.45) is 15.5. The Labute approximate surface area is 300 Å². The smallest absolute Gasteiger partial charge is 0.250 e. The maximum atomic E-state index is 6.89. The number of nitrogens with zero attached hydrogens (tertiary/aromatic N) is 1.